The minimum absolute atomic E-state index is 0.0243. The van der Waals surface area contributed by atoms with E-state index in [0.717, 1.165) is 0 Å². The molecule has 0 aromatic carbocycles. The standard InChI is InChI=1S/C5H8F2N/c6-5(7)1-3-8-4-2-5/h3,8H,1-2,4H2. The van der Waals surface area contributed by atoms with Crippen LogP contribution < -0.4 is 5.32 Å². The molecule has 0 aromatic rings. The second-order valence-electron chi connectivity index (χ2n) is 1.97. The van der Waals surface area contributed by atoms with Crippen molar-refractivity contribution in [2.24, 2.45) is 0 Å². The van der Waals surface area contributed by atoms with Gasteiger partial charge in [0.1, 0.15) is 0 Å². The molecule has 3 heteroatoms. The number of hydrogen-bond donors (Lipinski definition) is 1. The van der Waals surface area contributed by atoms with Crippen LogP contribution in [-0.2, 0) is 0 Å². The van der Waals surface area contributed by atoms with Crippen molar-refractivity contribution in [2.75, 3.05) is 6.54 Å². The van der Waals surface area contributed by atoms with Crippen LogP contribution in [-0.4, -0.2) is 12.5 Å². The Kier molecular flexibility index (Phi) is 1.47. The summed E-state index contributed by atoms with van der Waals surface area (Å²) in [7, 11) is 0. The first-order valence-corrected chi connectivity index (χ1v) is 2.64. The molecule has 0 unspecified atom stereocenters. The van der Waals surface area contributed by atoms with E-state index in [2.05, 4.69) is 5.32 Å². The van der Waals surface area contributed by atoms with E-state index in [0.29, 0.717) is 6.54 Å². The lowest BCUT2D eigenvalue weighted by Crippen LogP contribution is -2.31. The van der Waals surface area contributed by atoms with Crippen LogP contribution in [0, 0.1) is 6.54 Å². The molecule has 0 aromatic heterocycles. The summed E-state index contributed by atoms with van der Waals surface area (Å²) >= 11 is 0. The number of rotatable bonds is 0. The van der Waals surface area contributed by atoms with Crippen molar-refractivity contribution < 1.29 is 8.78 Å². The highest BCUT2D eigenvalue weighted by molar-refractivity contribution is 4.81. The summed E-state index contributed by atoms with van der Waals surface area (Å²) in [4.78, 5) is 0. The molecule has 0 aliphatic carbocycles. The van der Waals surface area contributed by atoms with E-state index < -0.39 is 5.92 Å². The Morgan fingerprint density at radius 1 is 1.50 bits per heavy atom. The largest absolute Gasteiger partial charge is 0.312 e. The van der Waals surface area contributed by atoms with E-state index in [9.17, 15) is 8.78 Å². The second-order valence-corrected chi connectivity index (χ2v) is 1.97. The third-order valence-corrected chi connectivity index (χ3v) is 1.18. The molecule has 47 valence electrons. The van der Waals surface area contributed by atoms with Gasteiger partial charge in [0.15, 0.2) is 0 Å². The SMILES string of the molecule is FC1(F)C[CH]NCC1. The molecule has 1 nitrogen and oxygen atoms in total. The normalized spacial score (nSPS) is 27.8. The van der Waals surface area contributed by atoms with Crippen LogP contribution in [0.25, 0.3) is 0 Å². The molecule has 1 fully saturated rings. The van der Waals surface area contributed by atoms with Crippen LogP contribution in [0.1, 0.15) is 12.8 Å². The Morgan fingerprint density at radius 3 is 2.50 bits per heavy atom. The summed E-state index contributed by atoms with van der Waals surface area (Å²) in [5.74, 6) is -2.44. The van der Waals surface area contributed by atoms with Gasteiger partial charge in [0.05, 0.1) is 0 Å². The molecule has 0 spiro atoms. The summed E-state index contributed by atoms with van der Waals surface area (Å²) in [6.45, 7) is 1.83. The summed E-state index contributed by atoms with van der Waals surface area (Å²) in [6, 6.07) is 0. The van der Waals surface area contributed by atoms with Crippen molar-refractivity contribution >= 4 is 0 Å². The van der Waals surface area contributed by atoms with Crippen LogP contribution in [0.15, 0.2) is 0 Å². The van der Waals surface area contributed by atoms with Crippen LogP contribution in [0.4, 0.5) is 8.78 Å². The van der Waals surface area contributed by atoms with Crippen LogP contribution in [0.5, 0.6) is 0 Å². The number of nitrogens with one attached hydrogen (secondary N) is 1. The lowest BCUT2D eigenvalue weighted by Gasteiger charge is -2.20. The molecule has 0 amide bonds. The lowest BCUT2D eigenvalue weighted by molar-refractivity contribution is -0.0187. The summed E-state index contributed by atoms with van der Waals surface area (Å²) in [6.07, 6.45) is -0.142. The molecular formula is C5H8F2N. The average Bonchev–Trinajstić information content (AvgIpc) is 1.65. The Hall–Kier alpha value is -0.180. The van der Waals surface area contributed by atoms with E-state index in [1.807, 2.05) is 0 Å². The van der Waals surface area contributed by atoms with Crippen molar-refractivity contribution in [1.82, 2.24) is 5.32 Å². The maximum absolute atomic E-state index is 12.1. The van der Waals surface area contributed by atoms with Gasteiger partial charge in [-0.05, 0) is 0 Å². The fourth-order valence-electron chi connectivity index (χ4n) is 0.681. The minimum Gasteiger partial charge on any atom is -0.312 e. The smallest absolute Gasteiger partial charge is 0.250 e. The zero-order chi connectivity index (χ0) is 6.04. The van der Waals surface area contributed by atoms with Gasteiger partial charge in [-0.2, -0.15) is 0 Å². The molecule has 1 aliphatic heterocycles. The average molecular weight is 120 g/mol. The summed E-state index contributed by atoms with van der Waals surface area (Å²) in [5.41, 5.74) is 0. The quantitative estimate of drug-likeness (QED) is 0.506. The second kappa shape index (κ2) is 1.97. The highest BCUT2D eigenvalue weighted by Crippen LogP contribution is 2.25. The third kappa shape index (κ3) is 1.40. The number of alkyl halides is 2. The van der Waals surface area contributed by atoms with Gasteiger partial charge >= 0.3 is 0 Å². The molecule has 1 saturated heterocycles. The highest BCUT2D eigenvalue weighted by atomic mass is 19.3. The number of piperidine rings is 1. The maximum Gasteiger partial charge on any atom is 0.250 e. The first-order valence-electron chi connectivity index (χ1n) is 2.64. The van der Waals surface area contributed by atoms with Crippen molar-refractivity contribution in [1.29, 1.82) is 0 Å². The van der Waals surface area contributed by atoms with E-state index >= 15 is 0 Å². The minimum atomic E-state index is -2.44. The molecule has 0 bridgehead atoms. The molecule has 0 saturated carbocycles. The van der Waals surface area contributed by atoms with Gasteiger partial charge < -0.3 is 5.32 Å². The Labute approximate surface area is 47.1 Å². The van der Waals surface area contributed by atoms with Gasteiger partial charge in [-0.15, -0.1) is 0 Å². The summed E-state index contributed by atoms with van der Waals surface area (Å²) in [5, 5.41) is 2.74. The van der Waals surface area contributed by atoms with Gasteiger partial charge in [0, 0.05) is 25.9 Å². The summed E-state index contributed by atoms with van der Waals surface area (Å²) < 4.78 is 24.3. The number of halogens is 2. The highest BCUT2D eigenvalue weighted by Gasteiger charge is 2.30. The molecule has 1 radical (unpaired) electrons. The Bertz CT molecular complexity index is 74.5. The van der Waals surface area contributed by atoms with Crippen LogP contribution >= 0.6 is 0 Å². The third-order valence-electron chi connectivity index (χ3n) is 1.18. The van der Waals surface area contributed by atoms with E-state index in [1.54, 1.807) is 0 Å². The predicted molar refractivity (Wildman–Crippen MR) is 26.5 cm³/mol. The molecule has 1 rings (SSSR count). The van der Waals surface area contributed by atoms with Gasteiger partial charge in [-0.1, -0.05) is 0 Å². The fourth-order valence-corrected chi connectivity index (χ4v) is 0.681. The topological polar surface area (TPSA) is 12.0 Å². The van der Waals surface area contributed by atoms with E-state index in [-0.39, 0.29) is 12.8 Å². The lowest BCUT2D eigenvalue weighted by atomic mass is 10.1. The molecule has 1 N–H and O–H groups in total. The first-order chi connectivity index (χ1) is 3.71. The van der Waals surface area contributed by atoms with Gasteiger partial charge in [-0.25, -0.2) is 8.78 Å². The Balaban J connectivity index is 2.33. The molecule has 8 heavy (non-hydrogen) atoms. The van der Waals surface area contributed by atoms with E-state index in [4.69, 9.17) is 0 Å². The zero-order valence-electron chi connectivity index (χ0n) is 4.45. The monoisotopic (exact) mass is 120 g/mol. The van der Waals surface area contributed by atoms with Crippen molar-refractivity contribution in [2.45, 2.75) is 18.8 Å². The van der Waals surface area contributed by atoms with Crippen molar-refractivity contribution in [3.63, 3.8) is 0 Å². The number of hydrogen-bond acceptors (Lipinski definition) is 1. The van der Waals surface area contributed by atoms with Gasteiger partial charge in [-0.3, -0.25) is 0 Å². The Morgan fingerprint density at radius 2 is 2.25 bits per heavy atom. The van der Waals surface area contributed by atoms with Crippen molar-refractivity contribution in [3.05, 3.63) is 6.54 Å². The van der Waals surface area contributed by atoms with Crippen LogP contribution in [0.3, 0.4) is 0 Å². The van der Waals surface area contributed by atoms with Crippen LogP contribution in [0.2, 0.25) is 0 Å². The molecule has 1 heterocycles. The van der Waals surface area contributed by atoms with Gasteiger partial charge in [0.25, 0.3) is 5.92 Å². The predicted octanol–water partition coefficient (Wildman–Crippen LogP) is 1.17. The zero-order valence-corrected chi connectivity index (χ0v) is 4.45. The molecule has 0 atom stereocenters. The van der Waals surface area contributed by atoms with Crippen molar-refractivity contribution in [3.8, 4) is 0 Å². The van der Waals surface area contributed by atoms with E-state index in [1.165, 1.54) is 6.54 Å². The van der Waals surface area contributed by atoms with Gasteiger partial charge in [0.2, 0.25) is 0 Å². The molecular weight excluding hydrogens is 112 g/mol. The first kappa shape index (κ1) is 5.95. The molecule has 1 aliphatic rings. The maximum atomic E-state index is 12.1. The fraction of sp³-hybridized carbons (Fsp3) is 0.800.